The van der Waals surface area contributed by atoms with Crippen LogP contribution in [0.5, 0.6) is 11.5 Å². The summed E-state index contributed by atoms with van der Waals surface area (Å²) in [6, 6.07) is 11.5. The number of hydrogen-bond acceptors (Lipinski definition) is 5. The number of para-hydroxylation sites is 1. The van der Waals surface area contributed by atoms with Gasteiger partial charge < -0.3 is 10.5 Å². The molecule has 0 saturated heterocycles. The van der Waals surface area contributed by atoms with Gasteiger partial charge in [-0.05, 0) is 46.4 Å². The van der Waals surface area contributed by atoms with E-state index in [-0.39, 0.29) is 0 Å². The molecule has 3 rings (SSSR count). The van der Waals surface area contributed by atoms with Gasteiger partial charge in [-0.25, -0.2) is 4.63 Å². The van der Waals surface area contributed by atoms with E-state index in [1.165, 1.54) is 5.56 Å². The molecule has 21 heavy (non-hydrogen) atoms. The fraction of sp³-hybridized carbons (Fsp3) is 0.250. The van der Waals surface area contributed by atoms with E-state index >= 15 is 0 Å². The lowest BCUT2D eigenvalue weighted by atomic mass is 9.98. The summed E-state index contributed by atoms with van der Waals surface area (Å²) < 4.78 is 10.8. The zero-order valence-electron chi connectivity index (χ0n) is 12.0. The van der Waals surface area contributed by atoms with Gasteiger partial charge >= 0.3 is 0 Å². The first-order valence-corrected chi connectivity index (χ1v) is 6.98. The number of nitrogens with two attached hydrogens (primary N) is 1. The van der Waals surface area contributed by atoms with Gasteiger partial charge in [-0.2, -0.15) is 0 Å². The average molecular weight is 283 g/mol. The summed E-state index contributed by atoms with van der Waals surface area (Å²) in [6.07, 6.45) is 1.04. The molecule has 1 aromatic heterocycles. The number of aromatic nitrogens is 2. The SMILES string of the molecule is CCC(C)c1ccccc1Oc1ccc(N)c2nonc12. The van der Waals surface area contributed by atoms with Crippen molar-refractivity contribution in [3.63, 3.8) is 0 Å². The molecule has 0 aliphatic carbocycles. The van der Waals surface area contributed by atoms with Crippen LogP contribution in [0.15, 0.2) is 41.0 Å². The van der Waals surface area contributed by atoms with E-state index in [1.807, 2.05) is 18.2 Å². The Labute approximate surface area is 122 Å². The summed E-state index contributed by atoms with van der Waals surface area (Å²) in [5.41, 5.74) is 8.59. The molecule has 0 aliphatic rings. The van der Waals surface area contributed by atoms with Crippen LogP contribution in [0.1, 0.15) is 31.7 Å². The molecule has 0 fully saturated rings. The van der Waals surface area contributed by atoms with Crippen molar-refractivity contribution in [1.29, 1.82) is 0 Å². The number of rotatable bonds is 4. The Bertz CT molecular complexity index is 767. The summed E-state index contributed by atoms with van der Waals surface area (Å²) >= 11 is 0. The van der Waals surface area contributed by atoms with Gasteiger partial charge in [0.1, 0.15) is 5.75 Å². The monoisotopic (exact) mass is 283 g/mol. The van der Waals surface area contributed by atoms with Crippen molar-refractivity contribution < 1.29 is 9.37 Å². The first-order valence-electron chi connectivity index (χ1n) is 6.98. The van der Waals surface area contributed by atoms with Gasteiger partial charge in [0.25, 0.3) is 0 Å². The number of fused-ring (bicyclic) bond motifs is 1. The van der Waals surface area contributed by atoms with E-state index in [9.17, 15) is 0 Å². The molecular formula is C16H17N3O2. The summed E-state index contributed by atoms with van der Waals surface area (Å²) in [5, 5.41) is 7.68. The topological polar surface area (TPSA) is 74.2 Å². The number of nitrogens with zero attached hydrogens (tertiary/aromatic N) is 2. The van der Waals surface area contributed by atoms with Gasteiger partial charge in [-0.15, -0.1) is 0 Å². The smallest absolute Gasteiger partial charge is 0.179 e. The molecule has 0 amide bonds. The highest BCUT2D eigenvalue weighted by Gasteiger charge is 2.15. The Kier molecular flexibility index (Phi) is 3.48. The van der Waals surface area contributed by atoms with Crippen LogP contribution in [0, 0.1) is 0 Å². The Morgan fingerprint density at radius 3 is 2.67 bits per heavy atom. The third-order valence-corrected chi connectivity index (χ3v) is 3.69. The maximum absolute atomic E-state index is 6.04. The Hall–Kier alpha value is -2.56. The second-order valence-electron chi connectivity index (χ2n) is 5.06. The molecule has 5 heteroatoms. The van der Waals surface area contributed by atoms with Gasteiger partial charge in [0.15, 0.2) is 16.8 Å². The normalized spacial score (nSPS) is 12.5. The van der Waals surface area contributed by atoms with Crippen molar-refractivity contribution in [1.82, 2.24) is 10.3 Å². The second kappa shape index (κ2) is 5.44. The zero-order valence-corrected chi connectivity index (χ0v) is 12.0. The van der Waals surface area contributed by atoms with E-state index in [0.717, 1.165) is 12.2 Å². The van der Waals surface area contributed by atoms with Crippen LogP contribution in [-0.4, -0.2) is 10.3 Å². The molecule has 0 bridgehead atoms. The Morgan fingerprint density at radius 1 is 1.10 bits per heavy atom. The van der Waals surface area contributed by atoms with E-state index < -0.39 is 0 Å². The minimum Gasteiger partial charge on any atom is -0.455 e. The molecule has 2 N–H and O–H groups in total. The van der Waals surface area contributed by atoms with Crippen molar-refractivity contribution >= 4 is 16.7 Å². The molecule has 0 saturated carbocycles. The Balaban J connectivity index is 2.03. The molecule has 0 radical (unpaired) electrons. The quantitative estimate of drug-likeness (QED) is 0.729. The van der Waals surface area contributed by atoms with Crippen molar-refractivity contribution in [3.05, 3.63) is 42.0 Å². The highest BCUT2D eigenvalue weighted by atomic mass is 16.6. The van der Waals surface area contributed by atoms with Crippen LogP contribution in [0.25, 0.3) is 11.0 Å². The first-order chi connectivity index (χ1) is 10.2. The van der Waals surface area contributed by atoms with Crippen LogP contribution in [0.4, 0.5) is 5.69 Å². The molecule has 3 aromatic rings. The molecule has 108 valence electrons. The fourth-order valence-electron chi connectivity index (χ4n) is 2.26. The summed E-state index contributed by atoms with van der Waals surface area (Å²) in [7, 11) is 0. The van der Waals surface area contributed by atoms with Gasteiger partial charge in [0, 0.05) is 0 Å². The molecule has 1 heterocycles. The number of hydrogen-bond donors (Lipinski definition) is 1. The van der Waals surface area contributed by atoms with E-state index in [4.69, 9.17) is 15.1 Å². The van der Waals surface area contributed by atoms with Gasteiger partial charge in [-0.3, -0.25) is 0 Å². The predicted octanol–water partition coefficient (Wildman–Crippen LogP) is 4.11. The molecular weight excluding hydrogens is 266 g/mol. The van der Waals surface area contributed by atoms with Crippen LogP contribution in [0.3, 0.4) is 0 Å². The van der Waals surface area contributed by atoms with Crippen molar-refractivity contribution in [2.24, 2.45) is 0 Å². The average Bonchev–Trinajstić information content (AvgIpc) is 3.00. The maximum Gasteiger partial charge on any atom is 0.179 e. The molecule has 1 unspecified atom stereocenters. The summed E-state index contributed by atoms with van der Waals surface area (Å²) in [5.74, 6) is 1.83. The minimum absolute atomic E-state index is 0.418. The number of anilines is 1. The fourth-order valence-corrected chi connectivity index (χ4v) is 2.26. The highest BCUT2D eigenvalue weighted by molar-refractivity contribution is 5.90. The van der Waals surface area contributed by atoms with Crippen molar-refractivity contribution in [3.8, 4) is 11.5 Å². The van der Waals surface area contributed by atoms with Crippen molar-refractivity contribution in [2.45, 2.75) is 26.2 Å². The molecule has 1 atom stereocenters. The molecule has 5 nitrogen and oxygen atoms in total. The molecule has 0 aliphatic heterocycles. The van der Waals surface area contributed by atoms with Crippen molar-refractivity contribution in [2.75, 3.05) is 5.73 Å². The van der Waals surface area contributed by atoms with E-state index in [1.54, 1.807) is 12.1 Å². The first kappa shape index (κ1) is 13.4. The minimum atomic E-state index is 0.418. The number of benzene rings is 2. The predicted molar refractivity (Wildman–Crippen MR) is 81.4 cm³/mol. The second-order valence-corrected chi connectivity index (χ2v) is 5.06. The largest absolute Gasteiger partial charge is 0.455 e. The van der Waals surface area contributed by atoms with Crippen LogP contribution < -0.4 is 10.5 Å². The van der Waals surface area contributed by atoms with E-state index in [2.05, 4.69) is 30.2 Å². The van der Waals surface area contributed by atoms with Gasteiger partial charge in [-0.1, -0.05) is 32.0 Å². The molecule has 0 spiro atoms. The number of ether oxygens (including phenoxy) is 1. The van der Waals surface area contributed by atoms with Crippen LogP contribution in [0.2, 0.25) is 0 Å². The van der Waals surface area contributed by atoms with E-state index in [0.29, 0.717) is 28.4 Å². The Morgan fingerprint density at radius 2 is 1.86 bits per heavy atom. The summed E-state index contributed by atoms with van der Waals surface area (Å²) in [4.78, 5) is 0. The maximum atomic E-state index is 6.04. The third-order valence-electron chi connectivity index (χ3n) is 3.69. The van der Waals surface area contributed by atoms with Crippen LogP contribution >= 0.6 is 0 Å². The third kappa shape index (κ3) is 2.42. The lowest BCUT2D eigenvalue weighted by molar-refractivity contribution is 0.314. The van der Waals surface area contributed by atoms with Gasteiger partial charge in [0.05, 0.1) is 5.69 Å². The summed E-state index contributed by atoms with van der Waals surface area (Å²) in [6.45, 7) is 4.34. The number of nitrogen functional groups attached to an aromatic ring is 1. The highest BCUT2D eigenvalue weighted by Crippen LogP contribution is 2.35. The molecule has 2 aromatic carbocycles. The lowest BCUT2D eigenvalue weighted by Crippen LogP contribution is -1.97. The van der Waals surface area contributed by atoms with Gasteiger partial charge in [0.2, 0.25) is 0 Å². The lowest BCUT2D eigenvalue weighted by Gasteiger charge is -2.15. The van der Waals surface area contributed by atoms with Crippen LogP contribution in [-0.2, 0) is 0 Å². The standard InChI is InChI=1S/C16H17N3O2/c1-3-10(2)11-6-4-5-7-13(11)20-14-9-8-12(17)15-16(14)19-21-18-15/h4-10H,3,17H2,1-2H3. The zero-order chi connectivity index (χ0) is 14.8.